The van der Waals surface area contributed by atoms with Gasteiger partial charge in [0.2, 0.25) is 0 Å². The van der Waals surface area contributed by atoms with Crippen LogP contribution in [0.5, 0.6) is 0 Å². The molecule has 0 aliphatic rings. The van der Waals surface area contributed by atoms with Crippen LogP contribution < -0.4 is 5.11 Å². The number of hydrogen-bond donors (Lipinski definition) is 0. The molecule has 0 N–H and O–H groups in total. The number of rotatable bonds is 87. The van der Waals surface area contributed by atoms with Gasteiger partial charge in [0, 0.05) is 12.8 Å². The first-order valence-electron chi connectivity index (χ1n) is 46.2. The molecule has 0 aliphatic carbocycles. The van der Waals surface area contributed by atoms with Crippen LogP contribution >= 0.6 is 0 Å². The molecule has 9 nitrogen and oxygen atoms in total. The molecule has 0 aromatic carbocycles. The molecule has 0 amide bonds. The molecule has 106 heavy (non-hydrogen) atoms. The topological polar surface area (TPSA) is 111 Å². The molecule has 618 valence electrons. The lowest BCUT2D eigenvalue weighted by Crippen LogP contribution is -2.44. The number of carbonyl (C=O) groups is 3. The van der Waals surface area contributed by atoms with Crippen LogP contribution in [-0.4, -0.2) is 82.3 Å². The number of likely N-dealkylation sites (N-methyl/N-ethyl adjacent to an activating group) is 1. The van der Waals surface area contributed by atoms with Crippen LogP contribution in [0.2, 0.25) is 0 Å². The number of esters is 2. The average Bonchev–Trinajstić information content (AvgIpc) is 0.935. The van der Waals surface area contributed by atoms with E-state index in [1.165, 1.54) is 347 Å². The molecule has 0 heterocycles. The molecule has 0 bridgehead atoms. The van der Waals surface area contributed by atoms with Crippen LogP contribution in [0.3, 0.4) is 0 Å². The van der Waals surface area contributed by atoms with Crippen molar-refractivity contribution in [3.05, 3.63) is 85.1 Å². The number of carboxylic acid groups (broad SMARTS) is 1. The molecule has 0 spiro atoms. The van der Waals surface area contributed by atoms with Gasteiger partial charge in [-0.2, -0.15) is 0 Å². The summed E-state index contributed by atoms with van der Waals surface area (Å²) >= 11 is 0. The zero-order valence-electron chi connectivity index (χ0n) is 71.1. The van der Waals surface area contributed by atoms with E-state index >= 15 is 0 Å². The zero-order valence-corrected chi connectivity index (χ0v) is 71.1. The highest BCUT2D eigenvalue weighted by molar-refractivity contribution is 5.70. The molecular weight excluding hydrogens is 1310 g/mol. The van der Waals surface area contributed by atoms with Crippen LogP contribution in [-0.2, 0) is 33.3 Å². The number of hydrogen-bond acceptors (Lipinski definition) is 8. The number of carboxylic acids is 1. The van der Waals surface area contributed by atoms with E-state index in [0.29, 0.717) is 23.9 Å². The maximum atomic E-state index is 13.0. The summed E-state index contributed by atoms with van der Waals surface area (Å²) in [5.41, 5.74) is 0. The Kier molecular flexibility index (Phi) is 84.2. The lowest BCUT2D eigenvalue weighted by Gasteiger charge is -2.26. The molecule has 0 fully saturated rings. The second-order valence-electron chi connectivity index (χ2n) is 32.6. The average molecular weight is 1490 g/mol. The Hall–Kier alpha value is -3.53. The molecular formula is C97H177NO8. The fourth-order valence-electron chi connectivity index (χ4n) is 13.9. The Bertz CT molecular complexity index is 2030. The van der Waals surface area contributed by atoms with Gasteiger partial charge < -0.3 is 33.3 Å². The highest BCUT2D eigenvalue weighted by atomic mass is 16.7. The summed E-state index contributed by atoms with van der Waals surface area (Å²) in [4.78, 5) is 37.7. The summed E-state index contributed by atoms with van der Waals surface area (Å²) in [5, 5.41) is 11.9. The number of nitrogens with zero attached hydrogens (tertiary/aromatic N) is 1. The van der Waals surface area contributed by atoms with Crippen molar-refractivity contribution in [1.82, 2.24) is 0 Å². The zero-order chi connectivity index (χ0) is 76.7. The highest BCUT2D eigenvalue weighted by Crippen LogP contribution is 2.21. The van der Waals surface area contributed by atoms with Crippen LogP contribution in [0.15, 0.2) is 85.1 Å². The Balaban J connectivity index is 3.90. The van der Waals surface area contributed by atoms with Gasteiger partial charge in [-0.1, -0.05) is 458 Å². The quantitative estimate of drug-likeness (QED) is 0.0195. The van der Waals surface area contributed by atoms with Crippen molar-refractivity contribution in [3.63, 3.8) is 0 Å². The van der Waals surface area contributed by atoms with Crippen molar-refractivity contribution in [2.24, 2.45) is 0 Å². The van der Waals surface area contributed by atoms with Gasteiger partial charge in [0.05, 0.1) is 40.3 Å². The van der Waals surface area contributed by atoms with Crippen LogP contribution in [0.25, 0.3) is 0 Å². The van der Waals surface area contributed by atoms with Gasteiger partial charge in [-0.3, -0.25) is 9.59 Å². The molecule has 0 aromatic rings. The largest absolute Gasteiger partial charge is 0.545 e. The normalized spacial score (nSPS) is 13.0. The third-order valence-corrected chi connectivity index (χ3v) is 20.9. The van der Waals surface area contributed by atoms with E-state index in [0.717, 1.165) is 77.0 Å². The van der Waals surface area contributed by atoms with Crippen LogP contribution in [0.4, 0.5) is 0 Å². The summed E-state index contributed by atoms with van der Waals surface area (Å²) in [5.74, 6) is -2.25. The van der Waals surface area contributed by atoms with Crippen LogP contribution in [0, 0.1) is 0 Å². The lowest BCUT2D eigenvalue weighted by molar-refractivity contribution is -0.870. The van der Waals surface area contributed by atoms with Gasteiger partial charge in [0.15, 0.2) is 12.4 Å². The molecule has 9 heteroatoms. The number of allylic oxidation sites excluding steroid dienone is 14. The molecule has 0 rings (SSSR count). The Morgan fingerprint density at radius 2 is 0.538 bits per heavy atom. The van der Waals surface area contributed by atoms with Crippen molar-refractivity contribution in [2.75, 3.05) is 47.5 Å². The molecule has 2 unspecified atom stereocenters. The Morgan fingerprint density at radius 1 is 0.292 bits per heavy atom. The highest BCUT2D eigenvalue weighted by Gasteiger charge is 2.22. The fourth-order valence-corrected chi connectivity index (χ4v) is 13.9. The first-order chi connectivity index (χ1) is 52.1. The molecule has 2 atom stereocenters. The van der Waals surface area contributed by atoms with Crippen LogP contribution in [0.1, 0.15) is 457 Å². The minimum Gasteiger partial charge on any atom is -0.545 e. The minimum absolute atomic E-state index is 0.149. The summed E-state index contributed by atoms with van der Waals surface area (Å²) in [6.45, 7) is 4.71. The fraction of sp³-hybridized carbons (Fsp3) is 0.825. The summed E-state index contributed by atoms with van der Waals surface area (Å²) in [7, 11) is 5.96. The molecule has 0 aliphatic heterocycles. The third-order valence-electron chi connectivity index (χ3n) is 20.9. The second-order valence-corrected chi connectivity index (χ2v) is 32.6. The number of unbranched alkanes of at least 4 members (excludes halogenated alkanes) is 58. The van der Waals surface area contributed by atoms with Gasteiger partial charge in [-0.15, -0.1) is 0 Å². The maximum absolute atomic E-state index is 13.0. The summed E-state index contributed by atoms with van der Waals surface area (Å²) < 4.78 is 22.9. The number of ether oxygens (including phenoxy) is 4. The predicted octanol–water partition coefficient (Wildman–Crippen LogP) is 29.1. The lowest BCUT2D eigenvalue weighted by atomic mass is 10.0. The number of aliphatic carboxylic acids is 1. The van der Waals surface area contributed by atoms with E-state index in [9.17, 15) is 19.5 Å². The summed E-state index contributed by atoms with van der Waals surface area (Å²) in [6, 6.07) is 0. The first-order valence-corrected chi connectivity index (χ1v) is 46.2. The van der Waals surface area contributed by atoms with Crippen molar-refractivity contribution < 1.29 is 42.9 Å². The van der Waals surface area contributed by atoms with E-state index in [-0.39, 0.29) is 32.2 Å². The summed E-state index contributed by atoms with van der Waals surface area (Å²) in [6.07, 6.45) is 118. The van der Waals surface area contributed by atoms with Crippen molar-refractivity contribution in [3.8, 4) is 0 Å². The van der Waals surface area contributed by atoms with Gasteiger partial charge in [-0.05, 0) is 70.6 Å². The second kappa shape index (κ2) is 87.1. The first kappa shape index (κ1) is 102. The van der Waals surface area contributed by atoms with E-state index in [1.54, 1.807) is 0 Å². The van der Waals surface area contributed by atoms with Gasteiger partial charge in [-0.25, -0.2) is 0 Å². The van der Waals surface area contributed by atoms with Gasteiger partial charge >= 0.3 is 11.9 Å². The van der Waals surface area contributed by atoms with E-state index in [4.69, 9.17) is 18.9 Å². The standard InChI is InChI=1S/C97H177NO8/c1-6-8-10-12-14-16-18-20-22-24-26-28-30-32-34-36-38-40-42-44-46-48-50-52-54-56-58-60-62-64-66-68-70-72-74-76-78-80-82-84-86-88-95(100)106-93(92-105-97(96(101)102)103-90-89-98(3,4)5)91-104-94(99)87-85-83-81-79-77-75-73-71-69-67-65-63-61-59-57-55-53-51-49-47-45-43-41-39-37-35-33-31-29-27-25-23-21-19-17-15-13-11-9-7-2/h8,10,14,16,20,22,26,28,32,34,38,40,44,46,93,97H,6-7,9,11-13,15,17-19,21,23-25,27,29-31,33,35-37,39,41-43,45,47-92H2,1-5H3/b10-8-,16-14-,22-20-,28-26-,34-32-,40-38-,46-44-. The molecule has 0 radical (unpaired) electrons. The van der Waals surface area contributed by atoms with E-state index < -0.39 is 24.3 Å². The predicted molar refractivity (Wildman–Crippen MR) is 458 cm³/mol. The van der Waals surface area contributed by atoms with E-state index in [1.807, 2.05) is 21.1 Å². The SMILES string of the molecule is CC/C=C\C/C=C\C/C=C\C/C=C\C/C=C\C/C=C\C/C=C\CCCCCCCCCCCCCCCCCCCCCC(=O)OC(COC(=O)CCCCCCCCCCCCCCCCCCCCCCCCCCCCCCCCCCCCCCCCCC)COC(OCC[N+](C)(C)C)C(=O)[O-]. The van der Waals surface area contributed by atoms with E-state index in [2.05, 4.69) is 98.9 Å². The van der Waals surface area contributed by atoms with Gasteiger partial charge in [0.1, 0.15) is 13.2 Å². The monoisotopic (exact) mass is 1480 g/mol. The minimum atomic E-state index is -1.62. The maximum Gasteiger partial charge on any atom is 0.306 e. The Labute approximate surface area is 659 Å². The number of quaternary nitrogens is 1. The molecule has 0 saturated heterocycles. The van der Waals surface area contributed by atoms with Crippen molar-refractivity contribution >= 4 is 17.9 Å². The Morgan fingerprint density at radius 3 is 0.802 bits per heavy atom. The smallest absolute Gasteiger partial charge is 0.306 e. The van der Waals surface area contributed by atoms with Gasteiger partial charge in [0.25, 0.3) is 0 Å². The molecule has 0 aromatic heterocycles. The van der Waals surface area contributed by atoms with Crippen molar-refractivity contribution in [2.45, 2.75) is 469 Å². The third kappa shape index (κ3) is 87.7. The number of carbonyl (C=O) groups excluding carboxylic acids is 3. The molecule has 0 saturated carbocycles. The van der Waals surface area contributed by atoms with Crippen molar-refractivity contribution in [1.29, 1.82) is 0 Å².